The van der Waals surface area contributed by atoms with Crippen LogP contribution in [0.25, 0.3) is 0 Å². The van der Waals surface area contributed by atoms with Gasteiger partial charge in [0.1, 0.15) is 0 Å². The van der Waals surface area contributed by atoms with Gasteiger partial charge in [-0.15, -0.1) is 0 Å². The van der Waals surface area contributed by atoms with Crippen molar-refractivity contribution in [2.24, 2.45) is 10.9 Å². The fraction of sp³-hybridized carbons (Fsp3) is 0. The summed E-state index contributed by atoms with van der Waals surface area (Å²) in [7, 11) is -3.70. The van der Waals surface area contributed by atoms with E-state index in [1.54, 1.807) is 0 Å². The summed E-state index contributed by atoms with van der Waals surface area (Å²) in [5.74, 6) is -0.610. The highest BCUT2D eigenvalue weighted by atomic mass is 32.2. The van der Waals surface area contributed by atoms with Gasteiger partial charge in [-0.3, -0.25) is 4.79 Å². The minimum atomic E-state index is -3.70. The lowest BCUT2D eigenvalue weighted by molar-refractivity contribution is 0.1000. The van der Waals surface area contributed by atoms with Gasteiger partial charge >= 0.3 is 0 Å². The predicted octanol–water partition coefficient (Wildman–Crippen LogP) is -0.567. The zero-order valence-electron chi connectivity index (χ0n) is 6.60. The molecule has 5 nitrogen and oxygen atoms in total. The first-order chi connectivity index (χ1) is 5.91. The first-order valence-electron chi connectivity index (χ1n) is 3.34. The van der Waals surface area contributed by atoms with Crippen molar-refractivity contribution in [1.29, 1.82) is 0 Å². The van der Waals surface area contributed by atoms with Crippen molar-refractivity contribution in [1.82, 2.24) is 0 Å². The molecule has 0 heterocycles. The summed E-state index contributed by atoms with van der Waals surface area (Å²) in [6.45, 7) is 0. The minimum Gasteiger partial charge on any atom is -0.366 e. The fourth-order valence-corrected chi connectivity index (χ4v) is 1.32. The molecule has 6 heteroatoms. The quantitative estimate of drug-likeness (QED) is 0.668. The molecule has 0 aliphatic rings. The summed E-state index contributed by atoms with van der Waals surface area (Å²) in [6, 6.07) is 5.08. The maximum atomic E-state index is 10.8. The van der Waals surface area contributed by atoms with Crippen LogP contribution in [0.4, 0.5) is 0 Å². The number of sulfonamides is 1. The third-order valence-electron chi connectivity index (χ3n) is 1.47. The van der Waals surface area contributed by atoms with E-state index in [2.05, 4.69) is 0 Å². The number of nitrogens with two attached hydrogens (primary N) is 2. The molecule has 70 valence electrons. The molecule has 0 aliphatic carbocycles. The van der Waals surface area contributed by atoms with Crippen molar-refractivity contribution in [3.05, 3.63) is 29.8 Å². The Balaban J connectivity index is 3.16. The number of rotatable bonds is 2. The summed E-state index contributed by atoms with van der Waals surface area (Å²) < 4.78 is 21.6. The molecule has 0 aromatic heterocycles. The Bertz CT molecular complexity index is 422. The van der Waals surface area contributed by atoms with Crippen LogP contribution in [0.2, 0.25) is 0 Å². The molecule has 4 N–H and O–H groups in total. The summed E-state index contributed by atoms with van der Waals surface area (Å²) in [5.41, 5.74) is 5.20. The summed E-state index contributed by atoms with van der Waals surface area (Å²) in [6.07, 6.45) is 0. The first kappa shape index (κ1) is 9.69. The molecule has 0 aliphatic heterocycles. The van der Waals surface area contributed by atoms with Crippen molar-refractivity contribution >= 4 is 15.9 Å². The minimum absolute atomic E-state index is 0.0440. The van der Waals surface area contributed by atoms with Gasteiger partial charge in [-0.25, -0.2) is 13.6 Å². The number of hydrogen-bond donors (Lipinski definition) is 2. The second-order valence-corrected chi connectivity index (χ2v) is 4.00. The van der Waals surface area contributed by atoms with Crippen LogP contribution in [-0.2, 0) is 10.0 Å². The molecule has 1 aromatic rings. The second-order valence-electron chi connectivity index (χ2n) is 2.43. The first-order valence-corrected chi connectivity index (χ1v) is 4.88. The molecule has 0 unspecified atom stereocenters. The van der Waals surface area contributed by atoms with Crippen LogP contribution in [0, 0.1) is 0 Å². The molecule has 1 amide bonds. The second kappa shape index (κ2) is 3.15. The summed E-state index contributed by atoms with van der Waals surface area (Å²) in [4.78, 5) is 10.6. The Kier molecular flexibility index (Phi) is 2.35. The largest absolute Gasteiger partial charge is 0.366 e. The normalized spacial score (nSPS) is 11.2. The molecule has 0 atom stereocenters. The Hall–Kier alpha value is -1.40. The Morgan fingerprint density at radius 1 is 1.15 bits per heavy atom. The van der Waals surface area contributed by atoms with Crippen LogP contribution in [0.5, 0.6) is 0 Å². The van der Waals surface area contributed by atoms with E-state index in [4.69, 9.17) is 10.9 Å². The smallest absolute Gasteiger partial charge is 0.248 e. The van der Waals surface area contributed by atoms with Gasteiger partial charge < -0.3 is 5.73 Å². The SMILES string of the molecule is NC(=O)c1ccc(S(N)(=O)=O)cc1. The molecule has 1 rings (SSSR count). The third-order valence-corrected chi connectivity index (χ3v) is 2.40. The van der Waals surface area contributed by atoms with E-state index in [0.717, 1.165) is 0 Å². The molecule has 13 heavy (non-hydrogen) atoms. The standard InChI is InChI=1S/C7H8N2O3S/c8-7(10)5-1-3-6(4-2-5)13(9,11)12/h1-4H,(H2,8,10)(H2,9,11,12). The van der Waals surface area contributed by atoms with Crippen molar-refractivity contribution in [3.63, 3.8) is 0 Å². The molecule has 0 saturated carbocycles. The van der Waals surface area contributed by atoms with Gasteiger partial charge in [0.05, 0.1) is 4.90 Å². The van der Waals surface area contributed by atoms with Crippen LogP contribution >= 0.6 is 0 Å². The molecule has 0 saturated heterocycles. The third kappa shape index (κ3) is 2.27. The van der Waals surface area contributed by atoms with E-state index >= 15 is 0 Å². The summed E-state index contributed by atoms with van der Waals surface area (Å²) >= 11 is 0. The monoisotopic (exact) mass is 200 g/mol. The van der Waals surface area contributed by atoms with Crippen LogP contribution in [0.15, 0.2) is 29.2 Å². The Morgan fingerprint density at radius 2 is 1.62 bits per heavy atom. The van der Waals surface area contributed by atoms with Gasteiger partial charge in [-0.1, -0.05) is 0 Å². The molecular formula is C7H8N2O3S. The molecule has 0 fully saturated rings. The predicted molar refractivity (Wildman–Crippen MR) is 46.3 cm³/mol. The van der Waals surface area contributed by atoms with Crippen LogP contribution in [0.1, 0.15) is 10.4 Å². The average molecular weight is 200 g/mol. The highest BCUT2D eigenvalue weighted by Gasteiger charge is 2.07. The average Bonchev–Trinajstić information content (AvgIpc) is 2.03. The number of primary amides is 1. The van der Waals surface area contributed by atoms with E-state index in [0.29, 0.717) is 0 Å². The Labute approximate surface area is 75.4 Å². The molecule has 0 bridgehead atoms. The lowest BCUT2D eigenvalue weighted by atomic mass is 10.2. The topological polar surface area (TPSA) is 103 Å². The maximum absolute atomic E-state index is 10.8. The highest BCUT2D eigenvalue weighted by Crippen LogP contribution is 2.07. The van der Waals surface area contributed by atoms with E-state index < -0.39 is 15.9 Å². The van der Waals surface area contributed by atoms with Crippen LogP contribution in [-0.4, -0.2) is 14.3 Å². The molecule has 0 spiro atoms. The van der Waals surface area contributed by atoms with Crippen LogP contribution in [0.3, 0.4) is 0 Å². The summed E-state index contributed by atoms with van der Waals surface area (Å²) in [5, 5.41) is 4.84. The lowest BCUT2D eigenvalue weighted by Crippen LogP contribution is -2.14. The van der Waals surface area contributed by atoms with E-state index in [1.165, 1.54) is 24.3 Å². The maximum Gasteiger partial charge on any atom is 0.248 e. The van der Waals surface area contributed by atoms with E-state index in [9.17, 15) is 13.2 Å². The number of carbonyl (C=O) groups excluding carboxylic acids is 1. The van der Waals surface area contributed by atoms with Crippen molar-refractivity contribution in [2.45, 2.75) is 4.90 Å². The van der Waals surface area contributed by atoms with Crippen molar-refractivity contribution < 1.29 is 13.2 Å². The van der Waals surface area contributed by atoms with Gasteiger partial charge in [0.2, 0.25) is 15.9 Å². The molecule has 1 aromatic carbocycles. The van der Waals surface area contributed by atoms with Crippen molar-refractivity contribution in [3.8, 4) is 0 Å². The number of carbonyl (C=O) groups is 1. The van der Waals surface area contributed by atoms with E-state index in [1.807, 2.05) is 0 Å². The lowest BCUT2D eigenvalue weighted by Gasteiger charge is -1.98. The number of hydrogen-bond acceptors (Lipinski definition) is 3. The van der Waals surface area contributed by atoms with Gasteiger partial charge in [-0.05, 0) is 24.3 Å². The number of amides is 1. The van der Waals surface area contributed by atoms with E-state index in [-0.39, 0.29) is 10.5 Å². The molecule has 0 radical (unpaired) electrons. The van der Waals surface area contributed by atoms with Crippen molar-refractivity contribution in [2.75, 3.05) is 0 Å². The van der Waals surface area contributed by atoms with Gasteiger partial charge in [0.15, 0.2) is 0 Å². The zero-order chi connectivity index (χ0) is 10.1. The number of benzene rings is 1. The molecular weight excluding hydrogens is 192 g/mol. The van der Waals surface area contributed by atoms with Gasteiger partial charge in [0, 0.05) is 5.56 Å². The van der Waals surface area contributed by atoms with Crippen LogP contribution < -0.4 is 10.9 Å². The van der Waals surface area contributed by atoms with Gasteiger partial charge in [0.25, 0.3) is 0 Å². The zero-order valence-corrected chi connectivity index (χ0v) is 7.41. The van der Waals surface area contributed by atoms with Gasteiger partial charge in [-0.2, -0.15) is 0 Å². The highest BCUT2D eigenvalue weighted by molar-refractivity contribution is 7.89. The Morgan fingerprint density at radius 3 is 1.92 bits per heavy atom. The number of primary sulfonamides is 1. The fourth-order valence-electron chi connectivity index (χ4n) is 0.809.